The quantitative estimate of drug-likeness (QED) is 0.815. The van der Waals surface area contributed by atoms with Gasteiger partial charge in [0.05, 0.1) is 5.25 Å². The molecule has 19 heavy (non-hydrogen) atoms. The molecule has 1 saturated heterocycles. The number of thioether (sulfide) groups is 1. The summed E-state index contributed by atoms with van der Waals surface area (Å²) >= 11 is 1.63. The van der Waals surface area contributed by atoms with Crippen molar-refractivity contribution in [2.75, 3.05) is 5.75 Å². The van der Waals surface area contributed by atoms with Crippen LogP contribution in [0.2, 0.25) is 0 Å². The molecule has 5 heteroatoms. The molecule has 1 aliphatic rings. The van der Waals surface area contributed by atoms with Crippen molar-refractivity contribution < 1.29 is 14.7 Å². The average Bonchev–Trinajstić information content (AvgIpc) is 2.68. The van der Waals surface area contributed by atoms with Gasteiger partial charge in [0.25, 0.3) is 0 Å². The minimum Gasteiger partial charge on any atom is -0.480 e. The van der Waals surface area contributed by atoms with Crippen LogP contribution in [0.4, 0.5) is 0 Å². The summed E-state index contributed by atoms with van der Waals surface area (Å²) in [6.07, 6.45) is 2.29. The lowest BCUT2D eigenvalue weighted by Gasteiger charge is -2.23. The molecule has 4 nitrogen and oxygen atoms in total. The first kappa shape index (κ1) is 16.3. The van der Waals surface area contributed by atoms with Crippen LogP contribution in [0.15, 0.2) is 0 Å². The fraction of sp³-hybridized carbons (Fsp3) is 0.857. The number of carboxylic acids is 1. The first-order valence-corrected chi connectivity index (χ1v) is 7.90. The van der Waals surface area contributed by atoms with E-state index in [0.717, 1.165) is 18.6 Å². The minimum atomic E-state index is -0.937. The van der Waals surface area contributed by atoms with E-state index in [4.69, 9.17) is 0 Å². The summed E-state index contributed by atoms with van der Waals surface area (Å²) < 4.78 is 0. The van der Waals surface area contributed by atoms with Crippen molar-refractivity contribution in [1.29, 1.82) is 0 Å². The molecule has 110 valence electrons. The molecule has 1 fully saturated rings. The molecule has 0 radical (unpaired) electrons. The summed E-state index contributed by atoms with van der Waals surface area (Å²) in [7, 11) is 0. The van der Waals surface area contributed by atoms with Crippen LogP contribution >= 0.6 is 11.8 Å². The van der Waals surface area contributed by atoms with Gasteiger partial charge in [-0.25, -0.2) is 4.79 Å². The van der Waals surface area contributed by atoms with Gasteiger partial charge in [0.2, 0.25) is 5.91 Å². The molecule has 0 aromatic carbocycles. The van der Waals surface area contributed by atoms with Crippen molar-refractivity contribution in [1.82, 2.24) is 5.32 Å². The summed E-state index contributed by atoms with van der Waals surface area (Å²) in [5.74, 6) is 0.269. The maximum absolute atomic E-state index is 12.1. The predicted molar refractivity (Wildman–Crippen MR) is 78.3 cm³/mol. The van der Waals surface area contributed by atoms with Crippen molar-refractivity contribution in [3.8, 4) is 0 Å². The highest BCUT2D eigenvalue weighted by Gasteiger charge is 2.33. The number of rotatable bonds is 5. The smallest absolute Gasteiger partial charge is 0.326 e. The molecular weight excluding hydrogens is 262 g/mol. The lowest BCUT2D eigenvalue weighted by molar-refractivity contribution is -0.142. The molecule has 3 unspecified atom stereocenters. The van der Waals surface area contributed by atoms with Crippen LogP contribution in [0.1, 0.15) is 47.0 Å². The number of carbonyl (C=O) groups is 2. The summed E-state index contributed by atoms with van der Waals surface area (Å²) in [6.45, 7) is 8.27. The van der Waals surface area contributed by atoms with Crippen LogP contribution in [0.3, 0.4) is 0 Å². The molecule has 1 heterocycles. The average molecular weight is 287 g/mol. The van der Waals surface area contributed by atoms with Crippen molar-refractivity contribution in [3.63, 3.8) is 0 Å². The number of carbonyl (C=O) groups excluding carboxylic acids is 1. The van der Waals surface area contributed by atoms with Crippen LogP contribution in [-0.2, 0) is 9.59 Å². The largest absolute Gasteiger partial charge is 0.480 e. The standard InChI is InChI=1S/C14H25NO3S/c1-9-6-8-19-11(9)12(16)15-10(13(17)18)5-7-14(2,3)4/h9-11H,5-8H2,1-4H3,(H,15,16)(H,17,18). The Morgan fingerprint density at radius 3 is 2.47 bits per heavy atom. The highest BCUT2D eigenvalue weighted by atomic mass is 32.2. The van der Waals surface area contributed by atoms with E-state index in [1.54, 1.807) is 11.8 Å². The molecule has 1 aliphatic heterocycles. The van der Waals surface area contributed by atoms with E-state index in [1.165, 1.54) is 0 Å². The Bertz CT molecular complexity index is 338. The fourth-order valence-electron chi connectivity index (χ4n) is 2.12. The molecule has 3 atom stereocenters. The topological polar surface area (TPSA) is 66.4 Å². The van der Waals surface area contributed by atoms with Gasteiger partial charge in [-0.15, -0.1) is 11.8 Å². The molecule has 2 N–H and O–H groups in total. The number of hydrogen-bond acceptors (Lipinski definition) is 3. The summed E-state index contributed by atoms with van der Waals surface area (Å²) in [4.78, 5) is 23.3. The Balaban J connectivity index is 2.53. The zero-order valence-corrected chi connectivity index (χ0v) is 13.0. The van der Waals surface area contributed by atoms with Gasteiger partial charge in [-0.05, 0) is 36.3 Å². The zero-order valence-electron chi connectivity index (χ0n) is 12.2. The Morgan fingerprint density at radius 1 is 1.42 bits per heavy atom. The molecule has 0 aromatic heterocycles. The number of hydrogen-bond donors (Lipinski definition) is 2. The van der Waals surface area contributed by atoms with Gasteiger partial charge in [-0.3, -0.25) is 4.79 Å². The van der Waals surface area contributed by atoms with Crippen LogP contribution in [0.5, 0.6) is 0 Å². The fourth-order valence-corrected chi connectivity index (χ4v) is 3.57. The molecule has 0 aromatic rings. The van der Waals surface area contributed by atoms with E-state index in [9.17, 15) is 14.7 Å². The van der Waals surface area contributed by atoms with Gasteiger partial charge in [-0.2, -0.15) is 0 Å². The number of amides is 1. The van der Waals surface area contributed by atoms with Crippen molar-refractivity contribution in [3.05, 3.63) is 0 Å². The Hall–Kier alpha value is -0.710. The van der Waals surface area contributed by atoms with Gasteiger partial charge >= 0.3 is 5.97 Å². The Labute approximate surface area is 119 Å². The molecule has 1 amide bonds. The van der Waals surface area contributed by atoms with Gasteiger partial charge < -0.3 is 10.4 Å². The maximum atomic E-state index is 12.1. The molecule has 0 saturated carbocycles. The molecular formula is C14H25NO3S. The van der Waals surface area contributed by atoms with E-state index >= 15 is 0 Å². The molecule has 1 rings (SSSR count). The summed E-state index contributed by atoms with van der Waals surface area (Å²) in [5, 5.41) is 11.8. The van der Waals surface area contributed by atoms with Crippen molar-refractivity contribution in [2.45, 2.75) is 58.2 Å². The van der Waals surface area contributed by atoms with Crippen molar-refractivity contribution in [2.24, 2.45) is 11.3 Å². The lowest BCUT2D eigenvalue weighted by atomic mass is 9.88. The summed E-state index contributed by atoms with van der Waals surface area (Å²) in [6, 6.07) is -0.764. The molecule has 0 aliphatic carbocycles. The second-order valence-corrected chi connectivity index (χ2v) is 7.81. The van der Waals surface area contributed by atoms with Crippen molar-refractivity contribution >= 4 is 23.6 Å². The Kier molecular flexibility index (Phi) is 5.71. The second kappa shape index (κ2) is 6.64. The predicted octanol–water partition coefficient (Wildman–Crippen LogP) is 2.52. The number of nitrogens with one attached hydrogen (secondary N) is 1. The van der Waals surface area contributed by atoms with Gasteiger partial charge in [-0.1, -0.05) is 27.7 Å². The van der Waals surface area contributed by atoms with E-state index in [1.807, 2.05) is 0 Å². The normalized spacial score (nSPS) is 25.1. The van der Waals surface area contributed by atoms with Gasteiger partial charge in [0, 0.05) is 0 Å². The molecule has 0 bridgehead atoms. The zero-order chi connectivity index (χ0) is 14.6. The second-order valence-electron chi connectivity index (χ2n) is 6.56. The minimum absolute atomic E-state index is 0.0772. The summed E-state index contributed by atoms with van der Waals surface area (Å²) in [5.41, 5.74) is 0.0772. The van der Waals surface area contributed by atoms with Crippen LogP contribution in [0, 0.1) is 11.3 Å². The number of aliphatic carboxylic acids is 1. The SMILES string of the molecule is CC1CCSC1C(=O)NC(CCC(C)(C)C)C(=O)O. The highest BCUT2D eigenvalue weighted by Crippen LogP contribution is 2.32. The first-order valence-electron chi connectivity index (χ1n) is 6.85. The highest BCUT2D eigenvalue weighted by molar-refractivity contribution is 8.00. The van der Waals surface area contributed by atoms with Gasteiger partial charge in [0.1, 0.15) is 6.04 Å². The maximum Gasteiger partial charge on any atom is 0.326 e. The van der Waals surface area contributed by atoms with Crippen LogP contribution in [0.25, 0.3) is 0 Å². The lowest BCUT2D eigenvalue weighted by Crippen LogP contribution is -2.45. The Morgan fingerprint density at radius 2 is 2.05 bits per heavy atom. The van der Waals surface area contributed by atoms with Crippen LogP contribution < -0.4 is 5.32 Å². The number of carboxylic acid groups (broad SMARTS) is 1. The van der Waals surface area contributed by atoms with Gasteiger partial charge in [0.15, 0.2) is 0 Å². The van der Waals surface area contributed by atoms with E-state index < -0.39 is 12.0 Å². The monoisotopic (exact) mass is 287 g/mol. The first-order chi connectivity index (χ1) is 8.70. The van der Waals surface area contributed by atoms with Crippen LogP contribution in [-0.4, -0.2) is 34.0 Å². The third-order valence-electron chi connectivity index (χ3n) is 3.44. The molecule has 0 spiro atoms. The third-order valence-corrected chi connectivity index (χ3v) is 4.95. The van der Waals surface area contributed by atoms with E-state index in [-0.39, 0.29) is 16.6 Å². The van der Waals surface area contributed by atoms with E-state index in [0.29, 0.717) is 12.3 Å². The van der Waals surface area contributed by atoms with E-state index in [2.05, 4.69) is 33.0 Å². The third kappa shape index (κ3) is 5.43.